The van der Waals surface area contributed by atoms with Gasteiger partial charge in [0.2, 0.25) is 0 Å². The van der Waals surface area contributed by atoms with E-state index in [0.29, 0.717) is 28.1 Å². The van der Waals surface area contributed by atoms with Gasteiger partial charge in [0.25, 0.3) is 0 Å². The predicted molar refractivity (Wildman–Crippen MR) is 111 cm³/mol. The number of benzene rings is 2. The topological polar surface area (TPSA) is 99.8 Å². The van der Waals surface area contributed by atoms with Crippen molar-refractivity contribution in [2.24, 2.45) is 0 Å². The fraction of sp³-hybridized carbons (Fsp3) is 0.0909. The van der Waals surface area contributed by atoms with E-state index in [0.717, 1.165) is 16.5 Å². The van der Waals surface area contributed by atoms with Gasteiger partial charge in [-0.1, -0.05) is 48.5 Å². The van der Waals surface area contributed by atoms with Crippen LogP contribution in [0.1, 0.15) is 18.7 Å². The van der Waals surface area contributed by atoms with Crippen LogP contribution in [-0.2, 0) is 0 Å². The Hall–Kier alpha value is -4.00. The monoisotopic (exact) mass is 383 g/mol. The van der Waals surface area contributed by atoms with E-state index in [1.54, 1.807) is 12.4 Å². The zero-order valence-corrected chi connectivity index (χ0v) is 15.6. The molecule has 0 aliphatic heterocycles. The van der Waals surface area contributed by atoms with E-state index in [2.05, 4.69) is 15.0 Å². The maximum absolute atomic E-state index is 12.7. The zero-order chi connectivity index (χ0) is 20.0. The van der Waals surface area contributed by atoms with Crippen molar-refractivity contribution in [2.75, 3.05) is 5.73 Å². The lowest BCUT2D eigenvalue weighted by molar-refractivity contribution is 0.420. The number of imidazole rings is 1. The molecule has 0 radical (unpaired) electrons. The van der Waals surface area contributed by atoms with Gasteiger partial charge < -0.3 is 14.7 Å². The summed E-state index contributed by atoms with van der Waals surface area (Å²) in [4.78, 5) is 25.4. The SMILES string of the molecule is CC(c1oc(=O)c2ccccc2c1-c1ccccc1)n1cnc2c(N)ncnc21. The molecule has 5 aromatic rings. The lowest BCUT2D eigenvalue weighted by atomic mass is 9.96. The number of aromatic nitrogens is 4. The highest BCUT2D eigenvalue weighted by molar-refractivity contribution is 5.96. The molecular formula is C22H17N5O2. The van der Waals surface area contributed by atoms with Gasteiger partial charge in [0.05, 0.1) is 17.8 Å². The Balaban J connectivity index is 1.82. The van der Waals surface area contributed by atoms with Crippen molar-refractivity contribution in [2.45, 2.75) is 13.0 Å². The average Bonchev–Trinajstić information content (AvgIpc) is 3.19. The minimum absolute atomic E-state index is 0.309. The van der Waals surface area contributed by atoms with Crippen LogP contribution in [-0.4, -0.2) is 19.5 Å². The van der Waals surface area contributed by atoms with Crippen LogP contribution in [0.15, 0.2) is 76.5 Å². The molecule has 0 amide bonds. The van der Waals surface area contributed by atoms with Crippen LogP contribution in [0.25, 0.3) is 33.1 Å². The Morgan fingerprint density at radius 3 is 2.48 bits per heavy atom. The highest BCUT2D eigenvalue weighted by atomic mass is 16.4. The lowest BCUT2D eigenvalue weighted by Gasteiger charge is -2.18. The van der Waals surface area contributed by atoms with E-state index in [9.17, 15) is 4.79 Å². The molecule has 3 heterocycles. The summed E-state index contributed by atoms with van der Waals surface area (Å²) >= 11 is 0. The standard InChI is InChI=1S/C22H17N5O2/c1-13(27-12-26-18-20(23)24-11-25-21(18)27)19-17(14-7-3-2-4-8-14)15-9-5-6-10-16(15)22(28)29-19/h2-13H,1H3,(H2,23,24,25). The van der Waals surface area contributed by atoms with Crippen LogP contribution < -0.4 is 11.4 Å². The second kappa shape index (κ2) is 6.56. The Morgan fingerprint density at radius 2 is 1.69 bits per heavy atom. The molecular weight excluding hydrogens is 366 g/mol. The van der Waals surface area contributed by atoms with Crippen LogP contribution in [0.5, 0.6) is 0 Å². The van der Waals surface area contributed by atoms with E-state index in [1.807, 2.05) is 60.0 Å². The van der Waals surface area contributed by atoms with Crippen molar-refractivity contribution in [1.82, 2.24) is 19.5 Å². The minimum atomic E-state index is -0.374. The summed E-state index contributed by atoms with van der Waals surface area (Å²) in [5.74, 6) is 0.848. The van der Waals surface area contributed by atoms with E-state index in [4.69, 9.17) is 10.2 Å². The number of nitrogens with two attached hydrogens (primary N) is 1. The first-order chi connectivity index (χ1) is 14.1. The molecule has 0 saturated heterocycles. The summed E-state index contributed by atoms with van der Waals surface area (Å²) < 4.78 is 7.70. The predicted octanol–water partition coefficient (Wildman–Crippen LogP) is 3.79. The molecule has 29 heavy (non-hydrogen) atoms. The summed E-state index contributed by atoms with van der Waals surface area (Å²) in [5.41, 5.74) is 8.49. The first kappa shape index (κ1) is 17.1. The number of nitrogens with zero attached hydrogens (tertiary/aromatic N) is 4. The number of fused-ring (bicyclic) bond motifs is 2. The van der Waals surface area contributed by atoms with Crippen LogP contribution in [0.2, 0.25) is 0 Å². The highest BCUT2D eigenvalue weighted by Crippen LogP contribution is 2.36. The van der Waals surface area contributed by atoms with Gasteiger partial charge in [-0.3, -0.25) is 0 Å². The van der Waals surface area contributed by atoms with Gasteiger partial charge in [-0.05, 0) is 18.6 Å². The molecule has 5 rings (SSSR count). The molecule has 0 aliphatic carbocycles. The van der Waals surface area contributed by atoms with Crippen molar-refractivity contribution in [3.05, 3.63) is 83.4 Å². The number of rotatable bonds is 3. The molecule has 3 aromatic heterocycles. The molecule has 0 saturated carbocycles. The molecule has 142 valence electrons. The Labute approximate surface area is 165 Å². The molecule has 1 unspecified atom stereocenters. The molecule has 0 aliphatic rings. The van der Waals surface area contributed by atoms with Gasteiger partial charge in [0.15, 0.2) is 11.5 Å². The second-order valence-electron chi connectivity index (χ2n) is 6.80. The van der Waals surface area contributed by atoms with Crippen LogP contribution in [0, 0.1) is 0 Å². The van der Waals surface area contributed by atoms with Crippen molar-refractivity contribution < 1.29 is 4.42 Å². The van der Waals surface area contributed by atoms with Crippen LogP contribution in [0.4, 0.5) is 5.82 Å². The third kappa shape index (κ3) is 2.67. The summed E-state index contributed by atoms with van der Waals surface area (Å²) in [5, 5.41) is 1.39. The summed E-state index contributed by atoms with van der Waals surface area (Å²) in [6, 6.07) is 17.0. The first-order valence-electron chi connectivity index (χ1n) is 9.19. The maximum Gasteiger partial charge on any atom is 0.343 e. The van der Waals surface area contributed by atoms with Crippen molar-refractivity contribution in [1.29, 1.82) is 0 Å². The van der Waals surface area contributed by atoms with Crippen molar-refractivity contribution in [3.63, 3.8) is 0 Å². The van der Waals surface area contributed by atoms with Gasteiger partial charge in [-0.15, -0.1) is 0 Å². The Bertz CT molecular complexity index is 1410. The molecule has 7 heteroatoms. The quantitative estimate of drug-likeness (QED) is 0.509. The van der Waals surface area contributed by atoms with Gasteiger partial charge >= 0.3 is 5.63 Å². The molecule has 7 nitrogen and oxygen atoms in total. The Morgan fingerprint density at radius 1 is 0.966 bits per heavy atom. The minimum Gasteiger partial charge on any atom is -0.425 e. The molecule has 1 atom stereocenters. The largest absolute Gasteiger partial charge is 0.425 e. The highest BCUT2D eigenvalue weighted by Gasteiger charge is 2.23. The van der Waals surface area contributed by atoms with Crippen molar-refractivity contribution >= 4 is 27.8 Å². The summed E-state index contributed by atoms with van der Waals surface area (Å²) in [6.45, 7) is 1.94. The van der Waals surface area contributed by atoms with E-state index in [1.165, 1.54) is 6.33 Å². The fourth-order valence-electron chi connectivity index (χ4n) is 3.69. The number of hydrogen-bond acceptors (Lipinski definition) is 6. The third-order valence-corrected chi connectivity index (χ3v) is 5.11. The average molecular weight is 383 g/mol. The molecule has 0 bridgehead atoms. The molecule has 0 spiro atoms. The second-order valence-corrected chi connectivity index (χ2v) is 6.80. The van der Waals surface area contributed by atoms with E-state index < -0.39 is 0 Å². The summed E-state index contributed by atoms with van der Waals surface area (Å²) in [7, 11) is 0. The van der Waals surface area contributed by atoms with Gasteiger partial charge in [0, 0.05) is 10.9 Å². The van der Waals surface area contributed by atoms with E-state index >= 15 is 0 Å². The number of anilines is 1. The number of nitrogen functional groups attached to an aromatic ring is 1. The molecule has 2 N–H and O–H groups in total. The lowest BCUT2D eigenvalue weighted by Crippen LogP contribution is -2.13. The Kier molecular flexibility index (Phi) is 3.87. The smallest absolute Gasteiger partial charge is 0.343 e. The third-order valence-electron chi connectivity index (χ3n) is 5.11. The van der Waals surface area contributed by atoms with Crippen LogP contribution in [0.3, 0.4) is 0 Å². The number of hydrogen-bond donors (Lipinski definition) is 1. The fourth-order valence-corrected chi connectivity index (χ4v) is 3.69. The zero-order valence-electron chi connectivity index (χ0n) is 15.6. The molecule has 2 aromatic carbocycles. The van der Waals surface area contributed by atoms with Gasteiger partial charge in [-0.2, -0.15) is 0 Å². The molecule has 0 fully saturated rings. The van der Waals surface area contributed by atoms with Crippen molar-refractivity contribution in [3.8, 4) is 11.1 Å². The van der Waals surface area contributed by atoms with Crippen LogP contribution >= 0.6 is 0 Å². The van der Waals surface area contributed by atoms with Gasteiger partial charge in [0.1, 0.15) is 17.6 Å². The summed E-state index contributed by atoms with van der Waals surface area (Å²) in [6.07, 6.45) is 3.04. The van der Waals surface area contributed by atoms with E-state index in [-0.39, 0.29) is 11.7 Å². The normalized spacial score (nSPS) is 12.4. The van der Waals surface area contributed by atoms with Gasteiger partial charge in [-0.25, -0.2) is 19.7 Å². The first-order valence-corrected chi connectivity index (χ1v) is 9.19. The maximum atomic E-state index is 12.7.